The zero-order chi connectivity index (χ0) is 22.5. The molecule has 2 atom stereocenters. The van der Waals surface area contributed by atoms with Crippen LogP contribution in [0.15, 0.2) is 24.8 Å². The topological polar surface area (TPSA) is 9.23 Å². The van der Waals surface area contributed by atoms with Gasteiger partial charge in [-0.2, -0.15) is 16.2 Å². The Morgan fingerprint density at radius 2 is 1.59 bits per heavy atom. The summed E-state index contributed by atoms with van der Waals surface area (Å²) in [4.78, 5) is 0. The highest BCUT2D eigenvalue weighted by Gasteiger charge is 2.35. The molecule has 2 saturated carbocycles. The van der Waals surface area contributed by atoms with Gasteiger partial charge in [0.15, 0.2) is 11.6 Å². The van der Waals surface area contributed by atoms with Gasteiger partial charge in [0, 0.05) is 5.25 Å². The number of rotatable bonds is 7. The third kappa shape index (κ3) is 5.54. The van der Waals surface area contributed by atoms with Crippen molar-refractivity contribution in [3.63, 3.8) is 0 Å². The highest BCUT2D eigenvalue weighted by atomic mass is 32.2. The summed E-state index contributed by atoms with van der Waals surface area (Å²) in [6.45, 7) is 3.87. The zero-order valence-electron chi connectivity index (χ0n) is 19.7. The fourth-order valence-corrected chi connectivity index (χ4v) is 8.44. The van der Waals surface area contributed by atoms with Gasteiger partial charge >= 0.3 is 0 Å². The number of hydrogen-bond acceptors (Lipinski definition) is 2. The molecule has 1 nitrogen and oxygen atoms in total. The lowest BCUT2D eigenvalue weighted by molar-refractivity contribution is 0.212. The van der Waals surface area contributed by atoms with Gasteiger partial charge in [-0.3, -0.25) is 0 Å². The molecule has 1 saturated heterocycles. The zero-order valence-corrected chi connectivity index (χ0v) is 20.5. The summed E-state index contributed by atoms with van der Waals surface area (Å²) >= 11 is 2.26. The van der Waals surface area contributed by atoms with E-state index in [1.54, 1.807) is 12.1 Å². The Morgan fingerprint density at radius 1 is 0.906 bits per heavy atom. The molecule has 1 heterocycles. The lowest BCUT2D eigenvalue weighted by atomic mass is 9.72. The van der Waals surface area contributed by atoms with Gasteiger partial charge in [0.25, 0.3) is 0 Å². The van der Waals surface area contributed by atoms with Gasteiger partial charge in [-0.05, 0) is 111 Å². The normalized spacial score (nSPS) is 33.6. The van der Waals surface area contributed by atoms with Gasteiger partial charge in [0.1, 0.15) is 0 Å². The van der Waals surface area contributed by atoms with Gasteiger partial charge < -0.3 is 4.74 Å². The third-order valence-corrected chi connectivity index (χ3v) is 10.4. The second-order valence-electron chi connectivity index (χ2n) is 10.5. The van der Waals surface area contributed by atoms with Gasteiger partial charge in [0.2, 0.25) is 5.82 Å². The molecule has 3 fully saturated rings. The predicted molar refractivity (Wildman–Crippen MR) is 131 cm³/mol. The first kappa shape index (κ1) is 24.1. The maximum atomic E-state index is 14.5. The van der Waals surface area contributed by atoms with Crippen LogP contribution < -0.4 is 4.74 Å². The molecule has 4 rings (SSSR count). The van der Waals surface area contributed by atoms with Crippen LogP contribution in [0.3, 0.4) is 0 Å². The molecule has 2 aliphatic carbocycles. The summed E-state index contributed by atoms with van der Waals surface area (Å²) < 4.78 is 33.6. The minimum absolute atomic E-state index is 0.000953. The Hall–Kier alpha value is -1.03. The lowest BCUT2D eigenvalue weighted by Crippen LogP contribution is -2.32. The Bertz CT molecular complexity index is 742. The van der Waals surface area contributed by atoms with Crippen molar-refractivity contribution in [2.75, 3.05) is 12.9 Å². The van der Waals surface area contributed by atoms with E-state index in [-0.39, 0.29) is 11.7 Å². The largest absolute Gasteiger partial charge is 0.494 e. The molecule has 0 N–H and O–H groups in total. The molecule has 0 aromatic heterocycles. The van der Waals surface area contributed by atoms with Crippen molar-refractivity contribution in [3.8, 4) is 5.75 Å². The van der Waals surface area contributed by atoms with Gasteiger partial charge in [0.05, 0.1) is 7.11 Å². The summed E-state index contributed by atoms with van der Waals surface area (Å²) in [6, 6.07) is 3.31. The van der Waals surface area contributed by atoms with E-state index in [1.807, 2.05) is 0 Å². The molecule has 4 heteroatoms. The van der Waals surface area contributed by atoms with E-state index in [1.165, 1.54) is 64.2 Å². The second-order valence-corrected chi connectivity index (χ2v) is 11.7. The number of thioether (sulfide) groups is 1. The van der Waals surface area contributed by atoms with Crippen LogP contribution in [-0.2, 0) is 0 Å². The van der Waals surface area contributed by atoms with Crippen molar-refractivity contribution in [1.29, 1.82) is 0 Å². The number of benzene rings is 1. The molecular formula is C28H40F2OS. The van der Waals surface area contributed by atoms with E-state index in [0.717, 1.165) is 54.6 Å². The average Bonchev–Trinajstić information content (AvgIpc) is 2.85. The molecule has 3 aliphatic rings. The fourth-order valence-electron chi connectivity index (χ4n) is 6.66. The molecule has 1 aromatic carbocycles. The van der Waals surface area contributed by atoms with Gasteiger partial charge in [-0.25, -0.2) is 4.39 Å². The van der Waals surface area contributed by atoms with Crippen LogP contribution in [0.4, 0.5) is 8.78 Å². The maximum absolute atomic E-state index is 14.5. The molecule has 0 spiro atoms. The molecule has 0 radical (unpaired) electrons. The van der Waals surface area contributed by atoms with Crippen LogP contribution in [0, 0.1) is 35.3 Å². The molecule has 0 bridgehead atoms. The Morgan fingerprint density at radius 3 is 2.22 bits per heavy atom. The van der Waals surface area contributed by atoms with Crippen LogP contribution in [0.1, 0.15) is 88.5 Å². The van der Waals surface area contributed by atoms with Crippen molar-refractivity contribution in [2.45, 2.75) is 88.2 Å². The van der Waals surface area contributed by atoms with E-state index >= 15 is 0 Å². The second kappa shape index (κ2) is 11.4. The number of allylic oxidation sites excluding steroid dienone is 1. The molecule has 0 amide bonds. The van der Waals surface area contributed by atoms with Gasteiger partial charge in [-0.1, -0.05) is 25.0 Å². The Balaban J connectivity index is 1.22. The first-order valence-corrected chi connectivity index (χ1v) is 13.9. The van der Waals surface area contributed by atoms with Crippen molar-refractivity contribution in [1.82, 2.24) is 0 Å². The maximum Gasteiger partial charge on any atom is 0.200 e. The highest BCUT2D eigenvalue weighted by Crippen LogP contribution is 2.47. The van der Waals surface area contributed by atoms with Crippen LogP contribution in [-0.4, -0.2) is 18.1 Å². The summed E-state index contributed by atoms with van der Waals surface area (Å²) in [5, 5.41) is 0.874. The quantitative estimate of drug-likeness (QED) is 0.375. The van der Waals surface area contributed by atoms with E-state index in [9.17, 15) is 8.78 Å². The summed E-state index contributed by atoms with van der Waals surface area (Å²) in [6.07, 6.45) is 17.3. The van der Waals surface area contributed by atoms with E-state index in [2.05, 4.69) is 24.4 Å². The highest BCUT2D eigenvalue weighted by molar-refractivity contribution is 7.99. The molecule has 1 unspecified atom stereocenters. The smallest absolute Gasteiger partial charge is 0.200 e. The van der Waals surface area contributed by atoms with Crippen LogP contribution in [0.25, 0.3) is 0 Å². The monoisotopic (exact) mass is 462 g/mol. The number of ether oxygens (including phenoxy) is 1. The van der Waals surface area contributed by atoms with Crippen molar-refractivity contribution in [3.05, 3.63) is 42.0 Å². The third-order valence-electron chi connectivity index (χ3n) is 8.72. The first-order valence-electron chi connectivity index (χ1n) is 12.8. The number of hydrogen-bond donors (Lipinski definition) is 0. The fraction of sp³-hybridized carbons (Fsp3) is 0.714. The molecule has 1 aromatic rings. The molecular weight excluding hydrogens is 422 g/mol. The van der Waals surface area contributed by atoms with Gasteiger partial charge in [-0.15, -0.1) is 6.58 Å². The van der Waals surface area contributed by atoms with E-state index in [0.29, 0.717) is 5.56 Å². The minimum atomic E-state index is -0.836. The molecule has 1 aliphatic heterocycles. The number of methoxy groups -OCH3 is 1. The Labute approximate surface area is 197 Å². The first-order chi connectivity index (χ1) is 15.6. The summed E-state index contributed by atoms with van der Waals surface area (Å²) in [5.41, 5.74) is 0.545. The SMILES string of the molecule is C=CCCC1CCC(C2CC[C@@H](C3CCC(c4ccc(OC)c(F)c4F)CC3)CS2)CC1. The molecule has 178 valence electrons. The van der Waals surface area contributed by atoms with E-state index < -0.39 is 11.6 Å². The van der Waals surface area contributed by atoms with Crippen molar-refractivity contribution in [2.24, 2.45) is 23.7 Å². The minimum Gasteiger partial charge on any atom is -0.494 e. The van der Waals surface area contributed by atoms with Crippen LogP contribution >= 0.6 is 11.8 Å². The standard InChI is InChI=1S/C28H40F2OS/c1-3-4-5-19-6-8-22(9-7-19)26-17-14-23(18-32-26)20-10-12-21(13-11-20)24-15-16-25(31-2)28(30)27(24)29/h3,15-16,19-23,26H,1,4-14,17-18H2,2H3/t19?,20?,21?,22?,23-,26?/m1/s1. The van der Waals surface area contributed by atoms with Crippen molar-refractivity contribution >= 4 is 11.8 Å². The Kier molecular flexibility index (Phi) is 8.59. The van der Waals surface area contributed by atoms with Crippen LogP contribution in [0.2, 0.25) is 0 Å². The van der Waals surface area contributed by atoms with Crippen molar-refractivity contribution < 1.29 is 13.5 Å². The van der Waals surface area contributed by atoms with E-state index in [4.69, 9.17) is 4.74 Å². The predicted octanol–water partition coefficient (Wildman–Crippen LogP) is 8.53. The summed E-state index contributed by atoms with van der Waals surface area (Å²) in [7, 11) is 1.38. The number of halogens is 2. The average molecular weight is 463 g/mol. The van der Waals surface area contributed by atoms with Crippen LogP contribution in [0.5, 0.6) is 5.75 Å². The summed E-state index contributed by atoms with van der Waals surface area (Å²) in [5.74, 6) is 3.36. The molecule has 32 heavy (non-hydrogen) atoms. The lowest BCUT2D eigenvalue weighted by Gasteiger charge is -2.41.